The standard InChI is InChI=1S/C20H14Cl3N3O2/c1-26-16-6-5-11(28-10-21)7-13(16)18-12(3-2-4-17(18)26)20(27)25-19-14(22)8-24-9-15(19)23/h2-9H,10H2,1H3,(H,24,25,27). The minimum Gasteiger partial charge on any atom is -0.478 e. The van der Waals surface area contributed by atoms with Crippen LogP contribution in [0.15, 0.2) is 48.8 Å². The Labute approximate surface area is 175 Å². The summed E-state index contributed by atoms with van der Waals surface area (Å²) < 4.78 is 7.44. The second-order valence-electron chi connectivity index (χ2n) is 6.12. The van der Waals surface area contributed by atoms with Crippen LogP contribution < -0.4 is 10.1 Å². The summed E-state index contributed by atoms with van der Waals surface area (Å²) in [6.07, 6.45) is 2.86. The Morgan fingerprint density at radius 1 is 1.14 bits per heavy atom. The molecule has 0 aliphatic rings. The third-order valence-corrected chi connectivity index (χ3v) is 5.24. The molecule has 0 saturated heterocycles. The number of alkyl halides is 1. The van der Waals surface area contributed by atoms with E-state index in [2.05, 4.69) is 10.3 Å². The fourth-order valence-electron chi connectivity index (χ4n) is 3.29. The van der Waals surface area contributed by atoms with Crippen LogP contribution in [-0.2, 0) is 7.05 Å². The maximum atomic E-state index is 13.1. The number of hydrogen-bond acceptors (Lipinski definition) is 3. The molecule has 0 radical (unpaired) electrons. The van der Waals surface area contributed by atoms with Gasteiger partial charge < -0.3 is 14.6 Å². The fourth-order valence-corrected chi connectivity index (χ4v) is 3.88. The highest BCUT2D eigenvalue weighted by Gasteiger charge is 2.19. The van der Waals surface area contributed by atoms with Gasteiger partial charge in [0.25, 0.3) is 5.91 Å². The fraction of sp³-hybridized carbons (Fsp3) is 0.100. The number of carbonyl (C=O) groups excluding carboxylic acids is 1. The SMILES string of the molecule is Cn1c2ccc(OCCl)cc2c2c(C(=O)Nc3c(Cl)cncc3Cl)cccc21. The molecule has 8 heteroatoms. The first-order valence-corrected chi connectivity index (χ1v) is 9.60. The van der Waals surface area contributed by atoms with Gasteiger partial charge >= 0.3 is 0 Å². The van der Waals surface area contributed by atoms with Crippen LogP contribution in [0.5, 0.6) is 5.75 Å². The van der Waals surface area contributed by atoms with Crippen molar-refractivity contribution in [2.45, 2.75) is 0 Å². The monoisotopic (exact) mass is 433 g/mol. The van der Waals surface area contributed by atoms with E-state index in [0.29, 0.717) is 17.0 Å². The molecule has 2 aromatic carbocycles. The van der Waals surface area contributed by atoms with Crippen molar-refractivity contribution >= 4 is 68.2 Å². The average molecular weight is 435 g/mol. The summed E-state index contributed by atoms with van der Waals surface area (Å²) in [6, 6.07) is 11.3. The van der Waals surface area contributed by atoms with E-state index in [4.69, 9.17) is 39.5 Å². The topological polar surface area (TPSA) is 56.1 Å². The van der Waals surface area contributed by atoms with Gasteiger partial charge in [-0.2, -0.15) is 0 Å². The number of halogens is 3. The van der Waals surface area contributed by atoms with Crippen molar-refractivity contribution in [1.29, 1.82) is 0 Å². The van der Waals surface area contributed by atoms with E-state index in [1.165, 1.54) is 12.4 Å². The number of nitrogens with one attached hydrogen (secondary N) is 1. The first-order valence-electron chi connectivity index (χ1n) is 8.31. The number of nitrogens with zero attached hydrogens (tertiary/aromatic N) is 2. The lowest BCUT2D eigenvalue weighted by atomic mass is 10.1. The largest absolute Gasteiger partial charge is 0.478 e. The number of aromatic nitrogens is 2. The highest BCUT2D eigenvalue weighted by atomic mass is 35.5. The molecule has 28 heavy (non-hydrogen) atoms. The Hall–Kier alpha value is -2.47. The Morgan fingerprint density at radius 2 is 1.89 bits per heavy atom. The summed E-state index contributed by atoms with van der Waals surface area (Å²) in [5, 5.41) is 5.02. The van der Waals surface area contributed by atoms with Gasteiger partial charge in [-0.1, -0.05) is 40.9 Å². The van der Waals surface area contributed by atoms with E-state index in [9.17, 15) is 4.79 Å². The van der Waals surface area contributed by atoms with Gasteiger partial charge in [0.05, 0.1) is 15.7 Å². The number of aryl methyl sites for hydroxylation is 1. The number of benzene rings is 2. The Bertz CT molecular complexity index is 1200. The summed E-state index contributed by atoms with van der Waals surface area (Å²) in [5.74, 6) is 0.308. The summed E-state index contributed by atoms with van der Waals surface area (Å²) in [6.45, 7) is 0. The lowest BCUT2D eigenvalue weighted by molar-refractivity contribution is 0.102. The number of carbonyl (C=O) groups is 1. The van der Waals surface area contributed by atoms with Gasteiger partial charge in [-0.05, 0) is 30.3 Å². The second kappa shape index (κ2) is 7.51. The first-order chi connectivity index (χ1) is 13.5. The van der Waals surface area contributed by atoms with Crippen molar-refractivity contribution in [1.82, 2.24) is 9.55 Å². The van der Waals surface area contributed by atoms with Crippen molar-refractivity contribution in [2.24, 2.45) is 7.05 Å². The molecule has 4 aromatic rings. The minimum atomic E-state index is -0.322. The molecule has 0 aliphatic carbocycles. The van der Waals surface area contributed by atoms with Crippen LogP contribution in [0.1, 0.15) is 10.4 Å². The third kappa shape index (κ3) is 3.15. The number of ether oxygens (including phenoxy) is 1. The van der Waals surface area contributed by atoms with Crippen LogP contribution >= 0.6 is 34.8 Å². The molecule has 0 bridgehead atoms. The van der Waals surface area contributed by atoms with Crippen LogP contribution in [0, 0.1) is 0 Å². The van der Waals surface area contributed by atoms with Gasteiger partial charge in [0.1, 0.15) is 5.75 Å². The summed E-state index contributed by atoms with van der Waals surface area (Å²) in [4.78, 5) is 17.0. The predicted molar refractivity (Wildman–Crippen MR) is 114 cm³/mol. The third-order valence-electron chi connectivity index (χ3n) is 4.56. The molecule has 0 atom stereocenters. The molecule has 142 valence electrons. The van der Waals surface area contributed by atoms with E-state index in [1.807, 2.05) is 41.9 Å². The molecule has 5 nitrogen and oxygen atoms in total. The smallest absolute Gasteiger partial charge is 0.256 e. The van der Waals surface area contributed by atoms with Gasteiger partial charge in [0.2, 0.25) is 0 Å². The number of anilines is 1. The van der Waals surface area contributed by atoms with Gasteiger partial charge in [-0.3, -0.25) is 9.78 Å². The van der Waals surface area contributed by atoms with Gasteiger partial charge in [0.15, 0.2) is 6.07 Å². The molecular weight excluding hydrogens is 421 g/mol. The Balaban J connectivity index is 1.89. The maximum Gasteiger partial charge on any atom is 0.256 e. The van der Waals surface area contributed by atoms with E-state index in [0.717, 1.165) is 21.8 Å². The van der Waals surface area contributed by atoms with Crippen molar-refractivity contribution in [2.75, 3.05) is 11.4 Å². The van der Waals surface area contributed by atoms with Crippen LogP contribution in [0.4, 0.5) is 5.69 Å². The minimum absolute atomic E-state index is 0.0443. The first kappa shape index (κ1) is 18.9. The molecule has 4 rings (SSSR count). The maximum absolute atomic E-state index is 13.1. The van der Waals surface area contributed by atoms with Gasteiger partial charge in [-0.25, -0.2) is 0 Å². The van der Waals surface area contributed by atoms with Crippen LogP contribution in [0.25, 0.3) is 21.8 Å². The highest BCUT2D eigenvalue weighted by Crippen LogP contribution is 2.35. The number of pyridine rings is 1. The van der Waals surface area contributed by atoms with Gasteiger partial charge in [0, 0.05) is 46.8 Å². The quantitative estimate of drug-likeness (QED) is 0.409. The molecule has 0 aliphatic heterocycles. The zero-order valence-electron chi connectivity index (χ0n) is 14.7. The molecule has 2 heterocycles. The molecule has 2 aromatic heterocycles. The Morgan fingerprint density at radius 3 is 2.61 bits per heavy atom. The van der Waals surface area contributed by atoms with Crippen LogP contribution in [0.3, 0.4) is 0 Å². The van der Waals surface area contributed by atoms with Crippen molar-refractivity contribution in [3.05, 3.63) is 64.4 Å². The van der Waals surface area contributed by atoms with Crippen molar-refractivity contribution < 1.29 is 9.53 Å². The van der Waals surface area contributed by atoms with Crippen molar-refractivity contribution in [3.63, 3.8) is 0 Å². The second-order valence-corrected chi connectivity index (χ2v) is 7.16. The van der Waals surface area contributed by atoms with E-state index in [-0.39, 0.29) is 22.0 Å². The number of amides is 1. The number of fused-ring (bicyclic) bond motifs is 3. The summed E-state index contributed by atoms with van der Waals surface area (Å²) in [5.41, 5.74) is 2.71. The Kier molecular flexibility index (Phi) is 5.06. The summed E-state index contributed by atoms with van der Waals surface area (Å²) in [7, 11) is 1.95. The lowest BCUT2D eigenvalue weighted by Gasteiger charge is -2.10. The zero-order chi connectivity index (χ0) is 19.8. The highest BCUT2D eigenvalue weighted by molar-refractivity contribution is 6.40. The molecule has 0 fully saturated rings. The zero-order valence-corrected chi connectivity index (χ0v) is 16.9. The van der Waals surface area contributed by atoms with Gasteiger partial charge in [-0.15, -0.1) is 0 Å². The van der Waals surface area contributed by atoms with Crippen molar-refractivity contribution in [3.8, 4) is 5.75 Å². The molecule has 0 unspecified atom stereocenters. The predicted octanol–water partition coefficient (Wildman–Crippen LogP) is 5.86. The summed E-state index contributed by atoms with van der Waals surface area (Å²) >= 11 is 18.0. The molecule has 1 amide bonds. The number of rotatable bonds is 4. The molecular formula is C20H14Cl3N3O2. The van der Waals surface area contributed by atoms with E-state index < -0.39 is 0 Å². The molecule has 0 saturated carbocycles. The molecule has 0 spiro atoms. The lowest BCUT2D eigenvalue weighted by Crippen LogP contribution is -2.13. The van der Waals surface area contributed by atoms with E-state index >= 15 is 0 Å². The van der Waals surface area contributed by atoms with Crippen LogP contribution in [-0.4, -0.2) is 21.5 Å². The average Bonchev–Trinajstić information content (AvgIpc) is 2.97. The number of hydrogen-bond donors (Lipinski definition) is 1. The van der Waals surface area contributed by atoms with E-state index in [1.54, 1.807) is 6.07 Å². The molecule has 1 N–H and O–H groups in total. The normalized spacial score (nSPS) is 11.1. The van der Waals surface area contributed by atoms with Crippen LogP contribution in [0.2, 0.25) is 10.0 Å².